The van der Waals surface area contributed by atoms with E-state index in [0.29, 0.717) is 46.6 Å². The van der Waals surface area contributed by atoms with Crippen LogP contribution in [0.2, 0.25) is 0 Å². The van der Waals surface area contributed by atoms with Crippen molar-refractivity contribution in [3.05, 3.63) is 279 Å². The molecule has 0 aliphatic carbocycles. The van der Waals surface area contributed by atoms with Gasteiger partial charge in [-0.25, -0.2) is 29.9 Å². The number of nitrogens with zero attached hydrogens (tertiary/aromatic N) is 10. The minimum atomic E-state index is 0.477. The first kappa shape index (κ1) is 47.4. The number of rotatable bonds is 11. The highest BCUT2D eigenvalue weighted by atomic mass is 15.3. The first-order chi connectivity index (χ1) is 39.7. The number of anilines is 6. The van der Waals surface area contributed by atoms with Crippen molar-refractivity contribution in [2.45, 2.75) is 0 Å². The summed E-state index contributed by atoms with van der Waals surface area (Å²) >= 11 is 0. The average molecular weight is 1030 g/mol. The van der Waals surface area contributed by atoms with Crippen LogP contribution in [0.15, 0.2) is 279 Å². The molecule has 0 spiro atoms. The van der Waals surface area contributed by atoms with E-state index in [-0.39, 0.29) is 0 Å². The molecule has 14 rings (SSSR count). The maximum absolute atomic E-state index is 5.58. The molecule has 0 bridgehead atoms. The Bertz CT molecular complexity index is 4120. The van der Waals surface area contributed by atoms with Crippen LogP contribution in [0, 0.1) is 0 Å². The van der Waals surface area contributed by atoms with E-state index in [1.54, 1.807) is 0 Å². The van der Waals surface area contributed by atoms with Crippen molar-refractivity contribution in [1.29, 1.82) is 0 Å². The summed E-state index contributed by atoms with van der Waals surface area (Å²) in [7, 11) is 0. The third kappa shape index (κ3) is 9.08. The fourth-order valence-corrected chi connectivity index (χ4v) is 10.3. The van der Waals surface area contributed by atoms with E-state index in [1.807, 2.05) is 164 Å². The first-order valence-electron chi connectivity index (χ1n) is 26.4. The molecule has 0 N–H and O–H groups in total. The van der Waals surface area contributed by atoms with Crippen LogP contribution < -0.4 is 9.80 Å². The molecule has 0 atom stereocenters. The molecule has 0 amide bonds. The molecule has 1 aliphatic rings. The van der Waals surface area contributed by atoms with Gasteiger partial charge in [-0.3, -0.25) is 4.90 Å². The van der Waals surface area contributed by atoms with Crippen LogP contribution in [0.3, 0.4) is 0 Å². The largest absolute Gasteiger partial charge is 0.305 e. The predicted molar refractivity (Wildman–Crippen MR) is 321 cm³/mol. The molecule has 0 fully saturated rings. The third-order valence-electron chi connectivity index (χ3n) is 14.1. The molecule has 13 aromatic rings. The van der Waals surface area contributed by atoms with Crippen molar-refractivity contribution in [3.63, 3.8) is 0 Å². The Labute approximate surface area is 462 Å². The minimum absolute atomic E-state index is 0.477. The van der Waals surface area contributed by atoms with E-state index >= 15 is 0 Å². The zero-order valence-corrected chi connectivity index (χ0v) is 43.0. The molecule has 0 radical (unpaired) electrons. The van der Waals surface area contributed by atoms with Crippen molar-refractivity contribution < 1.29 is 0 Å². The van der Waals surface area contributed by atoms with Gasteiger partial charge in [0.05, 0.1) is 39.8 Å². The van der Waals surface area contributed by atoms with Gasteiger partial charge < -0.3 is 4.90 Å². The zero-order valence-electron chi connectivity index (χ0n) is 43.0. The Kier molecular flexibility index (Phi) is 12.3. The normalized spacial score (nSPS) is 11.7. The van der Waals surface area contributed by atoms with Gasteiger partial charge in [0.2, 0.25) is 5.95 Å². The van der Waals surface area contributed by atoms with Crippen LogP contribution in [0.5, 0.6) is 0 Å². The summed E-state index contributed by atoms with van der Waals surface area (Å²) in [5, 5.41) is 0. The van der Waals surface area contributed by atoms with Gasteiger partial charge in [0.25, 0.3) is 0 Å². The quantitative estimate of drug-likeness (QED) is 0.124. The highest BCUT2D eigenvalue weighted by Crippen LogP contribution is 2.57. The third-order valence-corrected chi connectivity index (χ3v) is 14.1. The maximum atomic E-state index is 5.58. The Morgan fingerprint density at radius 3 is 0.887 bits per heavy atom. The second kappa shape index (κ2) is 20.8. The number of benzene rings is 10. The standard InChI is InChI=1S/C70H46N10/c1-8-26-47(27-9-1)55-44-54(69-74-65(50-32-14-4-15-33-50)73-66(75-69)51-34-16-5-17-35-51)45-56(58-46-57(48-28-10-2-11-29-48)71-64(72-58)49-30-12-3-13-31-49)63(55)79-59-40-22-24-42-61(59)80(62-43-25-23-41-60(62)79)70-77-67(52-36-18-6-19-37-52)76-68(78-70)53-38-20-7-21-39-53/h1-46H. The Balaban J connectivity index is 1.07. The summed E-state index contributed by atoms with van der Waals surface area (Å²) in [4.78, 5) is 46.8. The van der Waals surface area contributed by atoms with Crippen molar-refractivity contribution in [2.24, 2.45) is 0 Å². The van der Waals surface area contributed by atoms with E-state index in [2.05, 4.69) is 125 Å². The topological polar surface area (TPSA) is 110 Å². The SMILES string of the molecule is c1ccc(-c2cc(-c3cc(-c4nc(-c5ccccc5)nc(-c5ccccc5)n4)cc(-c4ccccc4)c3N3c4ccccc4N(c4nc(-c5ccccc5)nc(-c5ccccc5)n4)c4ccccc43)nc(-c3ccccc3)n2)cc1. The number of fused-ring (bicyclic) bond motifs is 2. The van der Waals surface area contributed by atoms with Gasteiger partial charge in [-0.2, -0.15) is 9.97 Å². The lowest BCUT2D eigenvalue weighted by Crippen LogP contribution is -2.26. The van der Waals surface area contributed by atoms with Gasteiger partial charge in [0.15, 0.2) is 34.9 Å². The number of hydrogen-bond donors (Lipinski definition) is 0. The van der Waals surface area contributed by atoms with E-state index in [4.69, 9.17) is 39.9 Å². The number of para-hydroxylation sites is 4. The van der Waals surface area contributed by atoms with Gasteiger partial charge in [0.1, 0.15) is 0 Å². The highest BCUT2D eigenvalue weighted by molar-refractivity contribution is 6.07. The average Bonchev–Trinajstić information content (AvgIpc) is 3.64. The molecule has 10 nitrogen and oxygen atoms in total. The molecule has 0 saturated carbocycles. The Morgan fingerprint density at radius 2 is 0.487 bits per heavy atom. The summed E-state index contributed by atoms with van der Waals surface area (Å²) in [6, 6.07) is 94.7. The van der Waals surface area contributed by atoms with Crippen LogP contribution >= 0.6 is 0 Å². The molecule has 0 saturated heterocycles. The summed E-state index contributed by atoms with van der Waals surface area (Å²) in [6.45, 7) is 0. The summed E-state index contributed by atoms with van der Waals surface area (Å²) in [6.07, 6.45) is 0. The van der Waals surface area contributed by atoms with E-state index in [1.165, 1.54) is 0 Å². The smallest absolute Gasteiger partial charge is 0.238 e. The zero-order chi connectivity index (χ0) is 53.2. The van der Waals surface area contributed by atoms with E-state index in [0.717, 1.165) is 89.8 Å². The molecule has 1 aliphatic heterocycles. The summed E-state index contributed by atoms with van der Waals surface area (Å²) in [5.41, 5.74) is 14.7. The lowest BCUT2D eigenvalue weighted by Gasteiger charge is -2.40. The van der Waals surface area contributed by atoms with Gasteiger partial charge in [-0.15, -0.1) is 0 Å². The van der Waals surface area contributed by atoms with Crippen LogP contribution in [-0.4, -0.2) is 39.9 Å². The fourth-order valence-electron chi connectivity index (χ4n) is 10.3. The van der Waals surface area contributed by atoms with E-state index < -0.39 is 0 Å². The van der Waals surface area contributed by atoms with Crippen molar-refractivity contribution in [2.75, 3.05) is 9.80 Å². The Hall–Kier alpha value is -11.1. The minimum Gasteiger partial charge on any atom is -0.305 e. The number of aromatic nitrogens is 8. The maximum Gasteiger partial charge on any atom is 0.238 e. The van der Waals surface area contributed by atoms with Gasteiger partial charge in [-0.05, 0) is 48.0 Å². The molecule has 80 heavy (non-hydrogen) atoms. The predicted octanol–water partition coefficient (Wildman–Crippen LogP) is 17.1. The van der Waals surface area contributed by atoms with Crippen molar-refractivity contribution >= 4 is 34.4 Å². The molecule has 10 heteroatoms. The fraction of sp³-hybridized carbons (Fsp3) is 0. The van der Waals surface area contributed by atoms with Crippen LogP contribution in [-0.2, 0) is 0 Å². The monoisotopic (exact) mass is 1030 g/mol. The lowest BCUT2D eigenvalue weighted by atomic mass is 9.92. The van der Waals surface area contributed by atoms with Gasteiger partial charge >= 0.3 is 0 Å². The molecule has 0 unspecified atom stereocenters. The summed E-state index contributed by atoms with van der Waals surface area (Å²) < 4.78 is 0. The molecular weight excluding hydrogens is 981 g/mol. The molecule has 4 heterocycles. The summed E-state index contributed by atoms with van der Waals surface area (Å²) in [5.74, 6) is 3.81. The Morgan fingerprint density at radius 1 is 0.200 bits per heavy atom. The van der Waals surface area contributed by atoms with Crippen LogP contribution in [0.25, 0.3) is 102 Å². The van der Waals surface area contributed by atoms with Crippen molar-refractivity contribution in [1.82, 2.24) is 39.9 Å². The molecular formula is C70H46N10. The van der Waals surface area contributed by atoms with E-state index in [9.17, 15) is 0 Å². The van der Waals surface area contributed by atoms with Crippen molar-refractivity contribution in [3.8, 4) is 102 Å². The second-order valence-electron chi connectivity index (χ2n) is 19.2. The molecule has 376 valence electrons. The number of hydrogen-bond acceptors (Lipinski definition) is 10. The molecule has 3 aromatic heterocycles. The van der Waals surface area contributed by atoms with Gasteiger partial charge in [-0.1, -0.05) is 237 Å². The molecule has 10 aromatic carbocycles. The lowest BCUT2D eigenvalue weighted by molar-refractivity contribution is 1.01. The highest BCUT2D eigenvalue weighted by Gasteiger charge is 2.36. The van der Waals surface area contributed by atoms with Crippen LogP contribution in [0.1, 0.15) is 0 Å². The van der Waals surface area contributed by atoms with Gasteiger partial charge in [0, 0.05) is 50.1 Å². The first-order valence-corrected chi connectivity index (χ1v) is 26.4. The second-order valence-corrected chi connectivity index (χ2v) is 19.2. The van der Waals surface area contributed by atoms with Crippen LogP contribution in [0.4, 0.5) is 34.4 Å².